The summed E-state index contributed by atoms with van der Waals surface area (Å²) in [5.74, 6) is 0. The van der Waals surface area contributed by atoms with Crippen LogP contribution in [0.15, 0.2) is 24.3 Å². The molecule has 1 amide bonds. The van der Waals surface area contributed by atoms with Gasteiger partial charge in [0.15, 0.2) is 0 Å². The first kappa shape index (κ1) is 18.0. The first-order valence-electron chi connectivity index (χ1n) is 8.10. The summed E-state index contributed by atoms with van der Waals surface area (Å²) in [7, 11) is 0. The molecule has 0 aromatic heterocycles. The minimum absolute atomic E-state index is 0.0465. The van der Waals surface area contributed by atoms with E-state index in [1.54, 1.807) is 23.1 Å². The Kier molecular flexibility index (Phi) is 5.01. The third-order valence-electron chi connectivity index (χ3n) is 4.00. The lowest BCUT2D eigenvalue weighted by Gasteiger charge is -2.45. The van der Waals surface area contributed by atoms with Gasteiger partial charge in [-0.25, -0.2) is 4.79 Å². The van der Waals surface area contributed by atoms with Gasteiger partial charge in [0, 0.05) is 31.2 Å². The molecule has 1 fully saturated rings. The van der Waals surface area contributed by atoms with Crippen molar-refractivity contribution in [2.75, 3.05) is 18.0 Å². The molecule has 0 aliphatic carbocycles. The molecule has 1 heterocycles. The van der Waals surface area contributed by atoms with E-state index in [2.05, 4.69) is 0 Å². The molecule has 1 aromatic carbocycles. The SMILES string of the molecule is C[C@@H]1CN(c2ccccc2[N+](=O)[O-])[C@@H](C)CN1C(=O)OC(C)(C)C. The van der Waals surface area contributed by atoms with Crippen LogP contribution in [0.3, 0.4) is 0 Å². The van der Waals surface area contributed by atoms with Crippen LogP contribution in [0.25, 0.3) is 0 Å². The molecule has 1 saturated heterocycles. The molecule has 0 radical (unpaired) electrons. The van der Waals surface area contributed by atoms with Crippen LogP contribution in [0.2, 0.25) is 0 Å². The molecule has 7 heteroatoms. The van der Waals surface area contributed by atoms with E-state index in [9.17, 15) is 14.9 Å². The van der Waals surface area contributed by atoms with Crippen LogP contribution >= 0.6 is 0 Å². The van der Waals surface area contributed by atoms with E-state index in [4.69, 9.17) is 4.74 Å². The summed E-state index contributed by atoms with van der Waals surface area (Å²) in [6, 6.07) is 6.56. The number of benzene rings is 1. The van der Waals surface area contributed by atoms with E-state index in [1.807, 2.05) is 39.5 Å². The molecule has 1 aromatic rings. The van der Waals surface area contributed by atoms with Gasteiger partial charge in [-0.1, -0.05) is 12.1 Å². The highest BCUT2D eigenvalue weighted by Gasteiger charge is 2.36. The third-order valence-corrected chi connectivity index (χ3v) is 4.00. The second kappa shape index (κ2) is 6.67. The summed E-state index contributed by atoms with van der Waals surface area (Å²) in [6.07, 6.45) is -0.343. The average molecular weight is 335 g/mol. The van der Waals surface area contributed by atoms with Crippen LogP contribution in [0.4, 0.5) is 16.2 Å². The van der Waals surface area contributed by atoms with E-state index in [0.717, 1.165) is 0 Å². The normalized spacial score (nSPS) is 21.5. The molecular weight excluding hydrogens is 310 g/mol. The van der Waals surface area contributed by atoms with Gasteiger partial charge in [0.25, 0.3) is 5.69 Å². The van der Waals surface area contributed by atoms with Crippen molar-refractivity contribution in [1.29, 1.82) is 0 Å². The van der Waals surface area contributed by atoms with Crippen LogP contribution in [0, 0.1) is 10.1 Å². The smallest absolute Gasteiger partial charge is 0.410 e. The summed E-state index contributed by atoms with van der Waals surface area (Å²) < 4.78 is 5.46. The second-order valence-electron chi connectivity index (χ2n) is 7.23. The molecule has 1 aliphatic rings. The molecule has 0 saturated carbocycles. The number of carbonyl (C=O) groups is 1. The number of nitro benzene ring substituents is 1. The summed E-state index contributed by atoms with van der Waals surface area (Å²) in [6.45, 7) is 10.4. The largest absolute Gasteiger partial charge is 0.444 e. The second-order valence-corrected chi connectivity index (χ2v) is 7.23. The zero-order valence-corrected chi connectivity index (χ0v) is 14.9. The predicted octanol–water partition coefficient (Wildman–Crippen LogP) is 3.43. The lowest BCUT2D eigenvalue weighted by Crippen LogP contribution is -2.59. The number of para-hydroxylation sites is 2. The maximum absolute atomic E-state index is 12.4. The van der Waals surface area contributed by atoms with Crippen molar-refractivity contribution in [2.24, 2.45) is 0 Å². The van der Waals surface area contributed by atoms with Crippen molar-refractivity contribution in [3.8, 4) is 0 Å². The van der Waals surface area contributed by atoms with Crippen molar-refractivity contribution < 1.29 is 14.5 Å². The van der Waals surface area contributed by atoms with E-state index < -0.39 is 5.60 Å². The van der Waals surface area contributed by atoms with E-state index in [-0.39, 0.29) is 28.8 Å². The van der Waals surface area contributed by atoms with Gasteiger partial charge in [-0.3, -0.25) is 10.1 Å². The quantitative estimate of drug-likeness (QED) is 0.611. The van der Waals surface area contributed by atoms with Crippen LogP contribution < -0.4 is 4.90 Å². The van der Waals surface area contributed by atoms with Crippen LogP contribution in [0.5, 0.6) is 0 Å². The minimum Gasteiger partial charge on any atom is -0.444 e. The highest BCUT2D eigenvalue weighted by atomic mass is 16.6. The standard InChI is InChI=1S/C17H25N3O4/c1-12-11-19(16(21)24-17(3,4)5)13(2)10-18(12)14-8-6-7-9-15(14)20(22)23/h6-9,12-13H,10-11H2,1-5H3/t12-,13+/m0/s1. The number of ether oxygens (including phenoxy) is 1. The highest BCUT2D eigenvalue weighted by Crippen LogP contribution is 2.32. The van der Waals surface area contributed by atoms with Gasteiger partial charge in [0.05, 0.1) is 4.92 Å². The summed E-state index contributed by atoms with van der Waals surface area (Å²) in [5.41, 5.74) is 0.128. The molecule has 0 N–H and O–H groups in total. The van der Waals surface area contributed by atoms with E-state index in [0.29, 0.717) is 18.8 Å². The Morgan fingerprint density at radius 2 is 1.83 bits per heavy atom. The molecule has 0 spiro atoms. The molecule has 7 nitrogen and oxygen atoms in total. The van der Waals surface area contributed by atoms with Gasteiger partial charge in [0.2, 0.25) is 0 Å². The van der Waals surface area contributed by atoms with Crippen molar-refractivity contribution in [1.82, 2.24) is 4.90 Å². The lowest BCUT2D eigenvalue weighted by molar-refractivity contribution is -0.384. The molecule has 2 rings (SSSR count). The number of rotatable bonds is 2. The molecule has 0 bridgehead atoms. The fraction of sp³-hybridized carbons (Fsp3) is 0.588. The lowest BCUT2D eigenvalue weighted by atomic mass is 10.1. The van der Waals surface area contributed by atoms with Gasteiger partial charge in [-0.05, 0) is 40.7 Å². The third kappa shape index (κ3) is 3.96. The molecule has 2 atom stereocenters. The number of anilines is 1. The number of carbonyl (C=O) groups excluding carboxylic acids is 1. The predicted molar refractivity (Wildman–Crippen MR) is 92.3 cm³/mol. The van der Waals surface area contributed by atoms with E-state index >= 15 is 0 Å². The molecule has 1 aliphatic heterocycles. The van der Waals surface area contributed by atoms with Crippen LogP contribution in [-0.4, -0.2) is 46.7 Å². The van der Waals surface area contributed by atoms with Crippen molar-refractivity contribution >= 4 is 17.5 Å². The van der Waals surface area contributed by atoms with Crippen LogP contribution in [-0.2, 0) is 4.74 Å². The minimum atomic E-state index is -0.546. The number of nitrogens with zero attached hydrogens (tertiary/aromatic N) is 3. The maximum atomic E-state index is 12.4. The average Bonchev–Trinajstić information content (AvgIpc) is 2.47. The fourth-order valence-electron chi connectivity index (χ4n) is 2.90. The van der Waals surface area contributed by atoms with Crippen LogP contribution in [0.1, 0.15) is 34.6 Å². The first-order valence-corrected chi connectivity index (χ1v) is 8.10. The topological polar surface area (TPSA) is 75.9 Å². The Hall–Kier alpha value is -2.31. The van der Waals surface area contributed by atoms with Crippen molar-refractivity contribution in [3.63, 3.8) is 0 Å². The molecular formula is C17H25N3O4. The van der Waals surface area contributed by atoms with Gasteiger partial charge in [0.1, 0.15) is 11.3 Å². The number of nitro groups is 1. The molecule has 24 heavy (non-hydrogen) atoms. The Morgan fingerprint density at radius 1 is 1.21 bits per heavy atom. The Morgan fingerprint density at radius 3 is 2.42 bits per heavy atom. The van der Waals surface area contributed by atoms with Crippen molar-refractivity contribution in [3.05, 3.63) is 34.4 Å². The highest BCUT2D eigenvalue weighted by molar-refractivity contribution is 5.70. The summed E-state index contributed by atoms with van der Waals surface area (Å²) in [5, 5.41) is 11.3. The summed E-state index contributed by atoms with van der Waals surface area (Å²) >= 11 is 0. The first-order chi connectivity index (χ1) is 11.1. The summed E-state index contributed by atoms with van der Waals surface area (Å²) in [4.78, 5) is 27.0. The Balaban J connectivity index is 2.20. The number of piperazine rings is 1. The van der Waals surface area contributed by atoms with Gasteiger partial charge >= 0.3 is 6.09 Å². The zero-order valence-electron chi connectivity index (χ0n) is 14.9. The van der Waals surface area contributed by atoms with Gasteiger partial charge < -0.3 is 14.5 Å². The van der Waals surface area contributed by atoms with Crippen molar-refractivity contribution in [2.45, 2.75) is 52.3 Å². The molecule has 0 unspecified atom stereocenters. The monoisotopic (exact) mass is 335 g/mol. The Bertz CT molecular complexity index is 627. The van der Waals surface area contributed by atoms with Gasteiger partial charge in [-0.2, -0.15) is 0 Å². The fourth-order valence-corrected chi connectivity index (χ4v) is 2.90. The molecule has 132 valence electrons. The maximum Gasteiger partial charge on any atom is 0.410 e. The Labute approximate surface area is 142 Å². The van der Waals surface area contributed by atoms with E-state index in [1.165, 1.54) is 6.07 Å². The number of hydrogen-bond donors (Lipinski definition) is 0. The van der Waals surface area contributed by atoms with Gasteiger partial charge in [-0.15, -0.1) is 0 Å². The zero-order chi connectivity index (χ0) is 18.1. The number of amides is 1. The number of hydrogen-bond acceptors (Lipinski definition) is 5.